The number of amides is 2. The first-order valence-corrected chi connectivity index (χ1v) is 10.6. The van der Waals surface area contributed by atoms with E-state index in [1.165, 1.54) is 7.05 Å². The summed E-state index contributed by atoms with van der Waals surface area (Å²) in [5.74, 6) is 2.51. The first-order chi connectivity index (χ1) is 15.8. The van der Waals surface area contributed by atoms with Crippen molar-refractivity contribution >= 4 is 6.03 Å². The molecule has 1 aliphatic heterocycles. The lowest BCUT2D eigenvalue weighted by atomic mass is 9.88. The molecule has 0 aliphatic carbocycles. The first-order valence-electron chi connectivity index (χ1n) is 10.6. The Morgan fingerprint density at radius 1 is 1.03 bits per heavy atom. The fourth-order valence-corrected chi connectivity index (χ4v) is 3.93. The van der Waals surface area contributed by atoms with E-state index in [1.807, 2.05) is 48.5 Å². The fraction of sp³-hybridized carbons (Fsp3) is 0.333. The number of carbonyl (C=O) groups is 1. The number of hydrogen-bond donors (Lipinski definition) is 2. The van der Waals surface area contributed by atoms with E-state index in [1.54, 1.807) is 19.1 Å². The van der Waals surface area contributed by atoms with Crippen molar-refractivity contribution in [2.45, 2.75) is 18.4 Å². The van der Waals surface area contributed by atoms with Gasteiger partial charge in [0.15, 0.2) is 5.76 Å². The molecular formula is C24H28N4O5. The summed E-state index contributed by atoms with van der Waals surface area (Å²) in [6.07, 6.45) is 0.911. The van der Waals surface area contributed by atoms with Crippen molar-refractivity contribution in [1.82, 2.24) is 14.9 Å². The largest absolute Gasteiger partial charge is 0.497 e. The average molecular weight is 453 g/mol. The zero-order valence-electron chi connectivity index (χ0n) is 18.9. The van der Waals surface area contributed by atoms with Crippen molar-refractivity contribution in [3.8, 4) is 34.1 Å². The van der Waals surface area contributed by atoms with Crippen molar-refractivity contribution in [1.29, 1.82) is 0 Å². The lowest BCUT2D eigenvalue weighted by Gasteiger charge is -2.37. The topological polar surface area (TPSA) is 114 Å². The van der Waals surface area contributed by atoms with Crippen LogP contribution in [0, 0.1) is 0 Å². The number of urea groups is 1. The normalized spacial score (nSPS) is 15.2. The molecule has 4 rings (SSSR count). The van der Waals surface area contributed by atoms with Crippen LogP contribution in [0.4, 0.5) is 4.79 Å². The van der Waals surface area contributed by atoms with Gasteiger partial charge in [-0.3, -0.25) is 5.21 Å². The second-order valence-electron chi connectivity index (χ2n) is 8.10. The molecule has 9 nitrogen and oxygen atoms in total. The molecule has 1 saturated heterocycles. The van der Waals surface area contributed by atoms with Crippen LogP contribution in [0.2, 0.25) is 0 Å². The molecule has 2 aromatic carbocycles. The predicted molar refractivity (Wildman–Crippen MR) is 122 cm³/mol. The number of hydrogen-bond acceptors (Lipinski definition) is 7. The van der Waals surface area contributed by atoms with Crippen molar-refractivity contribution in [2.75, 3.05) is 34.4 Å². The molecule has 174 valence electrons. The van der Waals surface area contributed by atoms with E-state index in [0.717, 1.165) is 22.6 Å². The van der Waals surface area contributed by atoms with Crippen molar-refractivity contribution in [3.05, 3.63) is 54.4 Å². The minimum absolute atomic E-state index is 0.387. The third-order valence-corrected chi connectivity index (χ3v) is 5.97. The SMILES string of the molecule is COc1ccc(-c2nc(C3(N)CCN(C(=O)N(C)O)CC3)oc2-c2ccc(OC)cc2)cc1. The van der Waals surface area contributed by atoms with Gasteiger partial charge >= 0.3 is 6.03 Å². The Balaban J connectivity index is 1.70. The molecule has 33 heavy (non-hydrogen) atoms. The van der Waals surface area contributed by atoms with E-state index in [4.69, 9.17) is 24.6 Å². The van der Waals surface area contributed by atoms with Crippen LogP contribution in [0.15, 0.2) is 52.9 Å². The maximum Gasteiger partial charge on any atom is 0.343 e. The quantitative estimate of drug-likeness (QED) is 0.448. The van der Waals surface area contributed by atoms with Crippen LogP contribution >= 0.6 is 0 Å². The third-order valence-electron chi connectivity index (χ3n) is 5.97. The van der Waals surface area contributed by atoms with Gasteiger partial charge in [-0.25, -0.2) is 14.8 Å². The number of benzene rings is 2. The molecule has 0 bridgehead atoms. The molecule has 0 saturated carbocycles. The van der Waals surface area contributed by atoms with Gasteiger partial charge in [-0.15, -0.1) is 0 Å². The number of methoxy groups -OCH3 is 2. The van der Waals surface area contributed by atoms with Gasteiger partial charge < -0.3 is 24.5 Å². The highest BCUT2D eigenvalue weighted by Gasteiger charge is 2.39. The lowest BCUT2D eigenvalue weighted by molar-refractivity contribution is -0.0377. The van der Waals surface area contributed by atoms with Crippen LogP contribution in [0.5, 0.6) is 11.5 Å². The molecule has 0 spiro atoms. The monoisotopic (exact) mass is 452 g/mol. The summed E-state index contributed by atoms with van der Waals surface area (Å²) in [5, 5.41) is 10.0. The van der Waals surface area contributed by atoms with Crippen LogP contribution < -0.4 is 15.2 Å². The van der Waals surface area contributed by atoms with E-state index in [-0.39, 0.29) is 0 Å². The standard InChI is InChI=1S/C24H28N4O5/c1-27(30)23(29)28-14-12-24(25,13-15-28)22-26-20(16-4-8-18(31-2)9-5-16)21(33-22)17-6-10-19(32-3)11-7-17/h4-11,30H,12-15,25H2,1-3H3. The molecule has 0 atom stereocenters. The lowest BCUT2D eigenvalue weighted by Crippen LogP contribution is -2.52. The van der Waals surface area contributed by atoms with E-state index >= 15 is 0 Å². The summed E-state index contributed by atoms with van der Waals surface area (Å²) in [7, 11) is 4.55. The van der Waals surface area contributed by atoms with Crippen LogP contribution in [-0.4, -0.2) is 60.5 Å². The molecule has 1 aromatic heterocycles. The van der Waals surface area contributed by atoms with Crippen molar-refractivity contribution in [3.63, 3.8) is 0 Å². The number of ether oxygens (including phenoxy) is 2. The van der Waals surface area contributed by atoms with E-state index in [9.17, 15) is 10.0 Å². The molecule has 0 unspecified atom stereocenters. The Morgan fingerprint density at radius 2 is 1.55 bits per heavy atom. The maximum atomic E-state index is 12.1. The molecule has 2 heterocycles. The van der Waals surface area contributed by atoms with E-state index in [0.29, 0.717) is 48.3 Å². The molecule has 2 amide bonds. The van der Waals surface area contributed by atoms with Gasteiger partial charge in [-0.1, -0.05) is 0 Å². The second kappa shape index (κ2) is 9.13. The van der Waals surface area contributed by atoms with Crippen LogP contribution in [0.3, 0.4) is 0 Å². The highest BCUT2D eigenvalue weighted by atomic mass is 16.5. The summed E-state index contributed by atoms with van der Waals surface area (Å²) in [4.78, 5) is 18.5. The van der Waals surface area contributed by atoms with E-state index < -0.39 is 11.6 Å². The summed E-state index contributed by atoms with van der Waals surface area (Å²) in [6, 6.07) is 14.7. The molecule has 9 heteroatoms. The zero-order chi connectivity index (χ0) is 23.6. The summed E-state index contributed by atoms with van der Waals surface area (Å²) in [5.41, 5.74) is 8.29. The molecule has 3 aromatic rings. The van der Waals surface area contributed by atoms with Gasteiger partial charge in [0.1, 0.15) is 17.2 Å². The number of likely N-dealkylation sites (tertiary alicyclic amines) is 1. The zero-order valence-corrected chi connectivity index (χ0v) is 18.9. The molecular weight excluding hydrogens is 424 g/mol. The van der Waals surface area contributed by atoms with Gasteiger partial charge in [0.2, 0.25) is 5.89 Å². The minimum atomic E-state index is -0.837. The Morgan fingerprint density at radius 3 is 2.03 bits per heavy atom. The van der Waals surface area contributed by atoms with Crippen LogP contribution in [0.25, 0.3) is 22.6 Å². The number of carbonyl (C=O) groups excluding carboxylic acids is 1. The molecule has 1 aliphatic rings. The third kappa shape index (κ3) is 4.50. The predicted octanol–water partition coefficient (Wildman–Crippen LogP) is 3.72. The van der Waals surface area contributed by atoms with Crippen molar-refractivity contribution in [2.24, 2.45) is 5.73 Å². The Bertz CT molecular complexity index is 1040. The summed E-state index contributed by atoms with van der Waals surface area (Å²) < 4.78 is 16.9. The van der Waals surface area contributed by atoms with Gasteiger partial charge in [0, 0.05) is 31.3 Å². The molecule has 1 fully saturated rings. The fourth-order valence-electron chi connectivity index (χ4n) is 3.93. The number of aromatic nitrogens is 1. The Kier molecular flexibility index (Phi) is 6.26. The van der Waals surface area contributed by atoms with Gasteiger partial charge in [-0.05, 0) is 61.4 Å². The number of nitrogens with zero attached hydrogens (tertiary/aromatic N) is 3. The van der Waals surface area contributed by atoms with Crippen LogP contribution in [0.1, 0.15) is 18.7 Å². The summed E-state index contributed by atoms with van der Waals surface area (Å²) in [6.45, 7) is 0.775. The maximum absolute atomic E-state index is 12.1. The van der Waals surface area contributed by atoms with Gasteiger partial charge in [-0.2, -0.15) is 0 Å². The highest BCUT2D eigenvalue weighted by Crippen LogP contribution is 2.39. The molecule has 0 radical (unpaired) electrons. The Labute approximate surface area is 192 Å². The number of hydroxylamine groups is 2. The van der Waals surface area contributed by atoms with Crippen LogP contribution in [-0.2, 0) is 5.54 Å². The first kappa shape index (κ1) is 22.6. The number of rotatable bonds is 5. The number of oxazole rings is 1. The number of nitrogens with two attached hydrogens (primary N) is 1. The van der Waals surface area contributed by atoms with Gasteiger partial charge in [0.25, 0.3) is 0 Å². The van der Waals surface area contributed by atoms with Crippen molar-refractivity contribution < 1.29 is 23.9 Å². The Hall–Kier alpha value is -3.56. The van der Waals surface area contributed by atoms with E-state index in [2.05, 4.69) is 0 Å². The highest BCUT2D eigenvalue weighted by molar-refractivity contribution is 5.77. The average Bonchev–Trinajstić information content (AvgIpc) is 3.30. The summed E-state index contributed by atoms with van der Waals surface area (Å²) >= 11 is 0. The second-order valence-corrected chi connectivity index (χ2v) is 8.10. The molecule has 3 N–H and O–H groups in total. The van der Waals surface area contributed by atoms with Gasteiger partial charge in [0.05, 0.1) is 19.8 Å². The number of piperidine rings is 1. The smallest absolute Gasteiger partial charge is 0.343 e. The minimum Gasteiger partial charge on any atom is -0.497 e.